The highest BCUT2D eigenvalue weighted by atomic mass is 16.5. The van der Waals surface area contributed by atoms with Gasteiger partial charge in [0.15, 0.2) is 11.5 Å². The third-order valence-electron chi connectivity index (χ3n) is 5.52. The highest BCUT2D eigenvalue weighted by Gasteiger charge is 2.35. The largest absolute Gasteiger partial charge is 0.360 e. The second-order valence-electron chi connectivity index (χ2n) is 8.65. The van der Waals surface area contributed by atoms with E-state index in [2.05, 4.69) is 39.3 Å². The van der Waals surface area contributed by atoms with Gasteiger partial charge in [-0.3, -0.25) is 9.78 Å². The van der Waals surface area contributed by atoms with Crippen molar-refractivity contribution in [3.63, 3.8) is 0 Å². The molecule has 1 fully saturated rings. The molecule has 5 rings (SSSR count). The Hall–Kier alpha value is -3.16. The number of fused-ring (bicyclic) bond motifs is 1. The summed E-state index contributed by atoms with van der Waals surface area (Å²) >= 11 is 0. The van der Waals surface area contributed by atoms with E-state index >= 15 is 0 Å². The molecule has 1 amide bonds. The van der Waals surface area contributed by atoms with E-state index < -0.39 is 0 Å². The SMILES string of the molecule is CC1(C)Cc2nc(-c3cnccn3)ncc2[C@H](NC(=O)c2cc(C3CC3)on2)C1. The van der Waals surface area contributed by atoms with Gasteiger partial charge < -0.3 is 9.84 Å². The summed E-state index contributed by atoms with van der Waals surface area (Å²) < 4.78 is 5.33. The van der Waals surface area contributed by atoms with Gasteiger partial charge in [-0.1, -0.05) is 19.0 Å². The number of rotatable bonds is 4. The van der Waals surface area contributed by atoms with Crippen LogP contribution in [0.3, 0.4) is 0 Å². The smallest absolute Gasteiger partial charge is 0.273 e. The van der Waals surface area contributed by atoms with Gasteiger partial charge in [-0.25, -0.2) is 15.0 Å². The zero-order valence-electron chi connectivity index (χ0n) is 16.4. The summed E-state index contributed by atoms with van der Waals surface area (Å²) in [5.41, 5.74) is 2.82. The minimum Gasteiger partial charge on any atom is -0.360 e. The quantitative estimate of drug-likeness (QED) is 0.729. The van der Waals surface area contributed by atoms with Gasteiger partial charge >= 0.3 is 0 Å². The first-order chi connectivity index (χ1) is 14.0. The van der Waals surface area contributed by atoms with Crippen molar-refractivity contribution in [1.29, 1.82) is 0 Å². The van der Waals surface area contributed by atoms with Crippen LogP contribution in [0.5, 0.6) is 0 Å². The zero-order valence-corrected chi connectivity index (χ0v) is 16.4. The highest BCUT2D eigenvalue weighted by Crippen LogP contribution is 2.41. The number of hydrogen-bond acceptors (Lipinski definition) is 7. The van der Waals surface area contributed by atoms with Crippen molar-refractivity contribution in [2.75, 3.05) is 0 Å². The monoisotopic (exact) mass is 390 g/mol. The van der Waals surface area contributed by atoms with Crippen LogP contribution >= 0.6 is 0 Å². The standard InChI is InChI=1S/C21H22N6O2/c1-21(2)8-15-13(10-24-19(25-15)17-11-22-5-6-23-17)16(9-21)26-20(28)14-7-18(29-27-14)12-3-4-12/h5-7,10-12,16H,3-4,8-9H2,1-2H3,(H,26,28)/t16-/m1/s1. The molecule has 1 N–H and O–H groups in total. The number of carbonyl (C=O) groups is 1. The van der Waals surface area contributed by atoms with Crippen molar-refractivity contribution >= 4 is 5.91 Å². The third-order valence-corrected chi connectivity index (χ3v) is 5.52. The lowest BCUT2D eigenvalue weighted by molar-refractivity contribution is 0.0909. The van der Waals surface area contributed by atoms with Gasteiger partial charge in [0.25, 0.3) is 5.91 Å². The summed E-state index contributed by atoms with van der Waals surface area (Å²) in [6.07, 6.45) is 10.5. The first kappa shape index (κ1) is 17.9. The Kier molecular flexibility index (Phi) is 4.15. The van der Waals surface area contributed by atoms with Crippen molar-refractivity contribution in [3.05, 3.63) is 53.6 Å². The van der Waals surface area contributed by atoms with Crippen molar-refractivity contribution in [2.45, 2.75) is 51.5 Å². The van der Waals surface area contributed by atoms with Crippen molar-refractivity contribution in [1.82, 2.24) is 30.4 Å². The number of carbonyl (C=O) groups excluding carboxylic acids is 1. The van der Waals surface area contributed by atoms with Gasteiger partial charge in [0.2, 0.25) is 0 Å². The molecule has 2 aliphatic carbocycles. The van der Waals surface area contributed by atoms with Gasteiger partial charge in [0, 0.05) is 36.1 Å². The molecule has 29 heavy (non-hydrogen) atoms. The Labute approximate surface area is 168 Å². The van der Waals surface area contributed by atoms with Crippen molar-refractivity contribution in [3.8, 4) is 11.5 Å². The van der Waals surface area contributed by atoms with Crippen LogP contribution < -0.4 is 5.32 Å². The van der Waals surface area contributed by atoms with Crippen LogP contribution in [0, 0.1) is 5.41 Å². The summed E-state index contributed by atoms with van der Waals surface area (Å²) in [7, 11) is 0. The maximum atomic E-state index is 12.8. The van der Waals surface area contributed by atoms with Gasteiger partial charge in [-0.05, 0) is 31.1 Å². The summed E-state index contributed by atoms with van der Waals surface area (Å²) in [6, 6.07) is 1.58. The fourth-order valence-electron chi connectivity index (χ4n) is 3.90. The van der Waals surface area contributed by atoms with Crippen molar-refractivity contribution < 1.29 is 9.32 Å². The summed E-state index contributed by atoms with van der Waals surface area (Å²) in [6.45, 7) is 4.36. The Morgan fingerprint density at radius 3 is 2.83 bits per heavy atom. The normalized spacial score (nSPS) is 20.1. The molecular weight excluding hydrogens is 368 g/mol. The Morgan fingerprint density at radius 2 is 2.07 bits per heavy atom. The fraction of sp³-hybridized carbons (Fsp3) is 0.429. The van der Waals surface area contributed by atoms with Crippen LogP contribution in [0.4, 0.5) is 0 Å². The maximum Gasteiger partial charge on any atom is 0.273 e. The predicted molar refractivity (Wildman–Crippen MR) is 104 cm³/mol. The predicted octanol–water partition coefficient (Wildman–Crippen LogP) is 3.24. The van der Waals surface area contributed by atoms with Gasteiger partial charge in [-0.2, -0.15) is 0 Å². The molecule has 3 aromatic heterocycles. The fourth-order valence-corrected chi connectivity index (χ4v) is 3.90. The van der Waals surface area contributed by atoms with E-state index in [-0.39, 0.29) is 17.4 Å². The lowest BCUT2D eigenvalue weighted by atomic mass is 9.74. The number of hydrogen-bond donors (Lipinski definition) is 1. The summed E-state index contributed by atoms with van der Waals surface area (Å²) in [5.74, 6) is 1.54. The van der Waals surface area contributed by atoms with Crippen LogP contribution in [-0.4, -0.2) is 31.0 Å². The van der Waals surface area contributed by atoms with Crippen LogP contribution in [0.15, 0.2) is 35.4 Å². The molecule has 148 valence electrons. The molecule has 0 aromatic carbocycles. The van der Waals surface area contributed by atoms with E-state index in [0.29, 0.717) is 23.1 Å². The van der Waals surface area contributed by atoms with Gasteiger partial charge in [-0.15, -0.1) is 0 Å². The maximum absolute atomic E-state index is 12.8. The molecular formula is C21H22N6O2. The average molecular weight is 390 g/mol. The molecule has 8 heteroatoms. The number of amides is 1. The number of nitrogens with zero attached hydrogens (tertiary/aromatic N) is 5. The van der Waals surface area contributed by atoms with Crippen molar-refractivity contribution in [2.24, 2.45) is 5.41 Å². The average Bonchev–Trinajstić information content (AvgIpc) is 3.43. The lowest BCUT2D eigenvalue weighted by Gasteiger charge is -2.36. The van der Waals surface area contributed by atoms with E-state index in [4.69, 9.17) is 9.51 Å². The van der Waals surface area contributed by atoms with Crippen LogP contribution in [0.25, 0.3) is 11.5 Å². The molecule has 1 saturated carbocycles. The summed E-state index contributed by atoms with van der Waals surface area (Å²) in [4.78, 5) is 30.4. The minimum atomic E-state index is -0.229. The van der Waals surface area contributed by atoms with E-state index in [1.54, 1.807) is 30.9 Å². The van der Waals surface area contributed by atoms with E-state index in [1.807, 2.05) is 0 Å². The Balaban J connectivity index is 1.42. The number of aromatic nitrogens is 5. The molecule has 2 aliphatic rings. The third kappa shape index (κ3) is 3.62. The Morgan fingerprint density at radius 1 is 1.21 bits per heavy atom. The first-order valence-electron chi connectivity index (χ1n) is 9.88. The first-order valence-corrected chi connectivity index (χ1v) is 9.88. The molecule has 1 atom stereocenters. The molecule has 0 saturated heterocycles. The molecule has 0 spiro atoms. The number of nitrogens with one attached hydrogen (secondary N) is 1. The minimum absolute atomic E-state index is 0.0120. The Bertz CT molecular complexity index is 1060. The van der Waals surface area contributed by atoms with Crippen LogP contribution in [-0.2, 0) is 6.42 Å². The highest BCUT2D eigenvalue weighted by molar-refractivity contribution is 5.92. The molecule has 0 radical (unpaired) electrons. The molecule has 3 aromatic rings. The topological polar surface area (TPSA) is 107 Å². The van der Waals surface area contributed by atoms with E-state index in [9.17, 15) is 4.79 Å². The molecule has 0 aliphatic heterocycles. The molecule has 0 bridgehead atoms. The zero-order chi connectivity index (χ0) is 20.0. The molecule has 8 nitrogen and oxygen atoms in total. The second-order valence-corrected chi connectivity index (χ2v) is 8.65. The van der Waals surface area contributed by atoms with Crippen LogP contribution in [0.2, 0.25) is 0 Å². The van der Waals surface area contributed by atoms with Gasteiger partial charge in [0.05, 0.1) is 17.9 Å². The second kappa shape index (κ2) is 6.72. The van der Waals surface area contributed by atoms with Crippen LogP contribution in [0.1, 0.15) is 72.6 Å². The molecule has 3 heterocycles. The molecule has 0 unspecified atom stereocenters. The van der Waals surface area contributed by atoms with E-state index in [0.717, 1.165) is 42.7 Å². The lowest BCUT2D eigenvalue weighted by Crippen LogP contribution is -2.37. The van der Waals surface area contributed by atoms with Gasteiger partial charge in [0.1, 0.15) is 11.5 Å². The van der Waals surface area contributed by atoms with E-state index in [1.165, 1.54) is 0 Å². The summed E-state index contributed by atoms with van der Waals surface area (Å²) in [5, 5.41) is 7.06.